The largest absolute Gasteiger partial charge is 0.316 e. The van der Waals surface area contributed by atoms with Crippen LogP contribution in [0.2, 0.25) is 0 Å². The summed E-state index contributed by atoms with van der Waals surface area (Å²) in [6.45, 7) is 11.3. The summed E-state index contributed by atoms with van der Waals surface area (Å²) in [6.07, 6.45) is 6.88. The maximum absolute atomic E-state index is 3.73. The summed E-state index contributed by atoms with van der Waals surface area (Å²) in [5, 5.41) is 3.73. The highest BCUT2D eigenvalue weighted by Gasteiger charge is 2.33. The summed E-state index contributed by atoms with van der Waals surface area (Å²) in [5.74, 6) is 0.731. The van der Waals surface area contributed by atoms with Gasteiger partial charge in [-0.05, 0) is 44.7 Å². The first-order valence-corrected chi connectivity index (χ1v) is 8.31. The van der Waals surface area contributed by atoms with Gasteiger partial charge in [0.15, 0.2) is 0 Å². The Morgan fingerprint density at radius 1 is 1.00 bits per heavy atom. The molecule has 0 heterocycles. The zero-order valence-electron chi connectivity index (χ0n) is 13.8. The number of rotatable bonds is 5. The van der Waals surface area contributed by atoms with E-state index >= 15 is 0 Å². The predicted molar refractivity (Wildman–Crippen MR) is 88.4 cm³/mol. The molecular formula is C19H31N. The van der Waals surface area contributed by atoms with Crippen LogP contribution >= 0.6 is 0 Å². The summed E-state index contributed by atoms with van der Waals surface area (Å²) >= 11 is 0. The molecule has 1 fully saturated rings. The molecule has 1 N–H and O–H groups in total. The lowest BCUT2D eigenvalue weighted by Crippen LogP contribution is -2.41. The van der Waals surface area contributed by atoms with Crippen LogP contribution in [0.5, 0.6) is 0 Å². The smallest absolute Gasteiger partial charge is 0.00779 e. The minimum atomic E-state index is 0.379. The lowest BCUT2D eigenvalue weighted by Gasteiger charge is -2.39. The average Bonchev–Trinajstić information content (AvgIpc) is 2.38. The maximum Gasteiger partial charge on any atom is 0.00779 e. The monoisotopic (exact) mass is 273 g/mol. The molecule has 0 radical (unpaired) electrons. The molecule has 0 bridgehead atoms. The van der Waals surface area contributed by atoms with E-state index in [2.05, 4.69) is 51.2 Å². The Balaban J connectivity index is 2.21. The minimum Gasteiger partial charge on any atom is -0.316 e. The Labute approximate surface area is 125 Å². The minimum absolute atomic E-state index is 0.379. The molecule has 0 aromatic heterocycles. The van der Waals surface area contributed by atoms with Gasteiger partial charge in [-0.1, -0.05) is 62.4 Å². The van der Waals surface area contributed by atoms with Gasteiger partial charge >= 0.3 is 0 Å². The summed E-state index contributed by atoms with van der Waals surface area (Å²) in [6, 6.07) is 7.15. The highest BCUT2D eigenvalue weighted by molar-refractivity contribution is 5.35. The molecule has 0 atom stereocenters. The SMILES string of the molecule is Cc1cc(C)cc(C2(CNCC(C)C)CCCCC2)c1. The first-order chi connectivity index (χ1) is 9.52. The van der Waals surface area contributed by atoms with Crippen molar-refractivity contribution in [2.45, 2.75) is 65.2 Å². The molecule has 2 rings (SSSR count). The van der Waals surface area contributed by atoms with Gasteiger partial charge in [0.05, 0.1) is 0 Å². The molecule has 1 aliphatic rings. The van der Waals surface area contributed by atoms with Crippen LogP contribution in [0.15, 0.2) is 18.2 Å². The molecule has 1 nitrogen and oxygen atoms in total. The molecule has 1 heteroatoms. The number of benzene rings is 1. The number of hydrogen-bond donors (Lipinski definition) is 1. The summed E-state index contributed by atoms with van der Waals surface area (Å²) in [7, 11) is 0. The van der Waals surface area contributed by atoms with Crippen LogP contribution in [0.4, 0.5) is 0 Å². The van der Waals surface area contributed by atoms with Crippen LogP contribution in [0.25, 0.3) is 0 Å². The van der Waals surface area contributed by atoms with Gasteiger partial charge in [0.2, 0.25) is 0 Å². The molecule has 0 aliphatic heterocycles. The standard InChI is InChI=1S/C19H31N/c1-15(2)13-20-14-19(8-6-5-7-9-19)18-11-16(3)10-17(4)12-18/h10-12,15,20H,5-9,13-14H2,1-4H3. The summed E-state index contributed by atoms with van der Waals surface area (Å²) in [4.78, 5) is 0. The normalized spacial score (nSPS) is 18.4. The van der Waals surface area contributed by atoms with Gasteiger partial charge in [-0.3, -0.25) is 0 Å². The topological polar surface area (TPSA) is 12.0 Å². The van der Waals surface area contributed by atoms with E-state index in [0.717, 1.165) is 19.0 Å². The van der Waals surface area contributed by atoms with Gasteiger partial charge in [0.25, 0.3) is 0 Å². The quantitative estimate of drug-likeness (QED) is 0.816. The van der Waals surface area contributed by atoms with E-state index in [4.69, 9.17) is 0 Å². The fourth-order valence-electron chi connectivity index (χ4n) is 3.68. The van der Waals surface area contributed by atoms with E-state index in [1.165, 1.54) is 43.2 Å². The van der Waals surface area contributed by atoms with Crippen molar-refractivity contribution in [3.8, 4) is 0 Å². The first-order valence-electron chi connectivity index (χ1n) is 8.31. The second kappa shape index (κ2) is 6.76. The molecule has 0 saturated heterocycles. The first kappa shape index (κ1) is 15.6. The van der Waals surface area contributed by atoms with Crippen molar-refractivity contribution in [3.63, 3.8) is 0 Å². The van der Waals surface area contributed by atoms with E-state index in [-0.39, 0.29) is 0 Å². The van der Waals surface area contributed by atoms with Crippen LogP contribution in [0, 0.1) is 19.8 Å². The average molecular weight is 273 g/mol. The zero-order valence-corrected chi connectivity index (χ0v) is 13.8. The fourth-order valence-corrected chi connectivity index (χ4v) is 3.68. The van der Waals surface area contributed by atoms with Gasteiger partial charge in [-0.2, -0.15) is 0 Å². The summed E-state index contributed by atoms with van der Waals surface area (Å²) in [5.41, 5.74) is 4.78. The van der Waals surface area contributed by atoms with Crippen LogP contribution in [-0.4, -0.2) is 13.1 Å². The van der Waals surface area contributed by atoms with Gasteiger partial charge < -0.3 is 5.32 Å². The second-order valence-electron chi connectivity index (χ2n) is 7.24. The van der Waals surface area contributed by atoms with Crippen LogP contribution in [0.3, 0.4) is 0 Å². The number of aryl methyl sites for hydroxylation is 2. The fraction of sp³-hybridized carbons (Fsp3) is 0.684. The van der Waals surface area contributed by atoms with Gasteiger partial charge in [-0.15, -0.1) is 0 Å². The van der Waals surface area contributed by atoms with Gasteiger partial charge in [-0.25, -0.2) is 0 Å². The van der Waals surface area contributed by atoms with Crippen molar-refractivity contribution in [3.05, 3.63) is 34.9 Å². The Hall–Kier alpha value is -0.820. The molecule has 1 aromatic rings. The zero-order chi connectivity index (χ0) is 14.6. The number of hydrogen-bond acceptors (Lipinski definition) is 1. The molecule has 1 aliphatic carbocycles. The second-order valence-corrected chi connectivity index (χ2v) is 7.24. The Bertz CT molecular complexity index is 407. The van der Waals surface area contributed by atoms with Crippen molar-refractivity contribution in [2.75, 3.05) is 13.1 Å². The Morgan fingerprint density at radius 3 is 2.15 bits per heavy atom. The van der Waals surface area contributed by atoms with Crippen LogP contribution < -0.4 is 5.32 Å². The van der Waals surface area contributed by atoms with E-state index in [0.29, 0.717) is 5.41 Å². The van der Waals surface area contributed by atoms with Crippen molar-refractivity contribution in [1.82, 2.24) is 5.32 Å². The van der Waals surface area contributed by atoms with E-state index < -0.39 is 0 Å². The van der Waals surface area contributed by atoms with E-state index in [9.17, 15) is 0 Å². The maximum atomic E-state index is 3.73. The van der Waals surface area contributed by atoms with Crippen LogP contribution in [0.1, 0.15) is 62.6 Å². The molecule has 20 heavy (non-hydrogen) atoms. The molecule has 1 aromatic carbocycles. The third-order valence-corrected chi connectivity index (χ3v) is 4.66. The number of nitrogens with one attached hydrogen (secondary N) is 1. The Morgan fingerprint density at radius 2 is 1.60 bits per heavy atom. The van der Waals surface area contributed by atoms with Crippen molar-refractivity contribution in [1.29, 1.82) is 0 Å². The van der Waals surface area contributed by atoms with E-state index in [1.807, 2.05) is 0 Å². The summed E-state index contributed by atoms with van der Waals surface area (Å²) < 4.78 is 0. The molecule has 112 valence electrons. The van der Waals surface area contributed by atoms with Crippen molar-refractivity contribution >= 4 is 0 Å². The molecule has 1 saturated carbocycles. The van der Waals surface area contributed by atoms with Gasteiger partial charge in [0.1, 0.15) is 0 Å². The predicted octanol–water partition coefficient (Wildman–Crippen LogP) is 4.75. The molecule has 0 unspecified atom stereocenters. The highest BCUT2D eigenvalue weighted by Crippen LogP contribution is 2.39. The lowest BCUT2D eigenvalue weighted by atomic mass is 9.69. The third kappa shape index (κ3) is 3.85. The van der Waals surface area contributed by atoms with Crippen molar-refractivity contribution in [2.24, 2.45) is 5.92 Å². The Kier molecular flexibility index (Phi) is 5.26. The lowest BCUT2D eigenvalue weighted by molar-refractivity contribution is 0.276. The van der Waals surface area contributed by atoms with Crippen LogP contribution in [-0.2, 0) is 5.41 Å². The highest BCUT2D eigenvalue weighted by atomic mass is 14.9. The molecule has 0 spiro atoms. The van der Waals surface area contributed by atoms with Gasteiger partial charge in [0, 0.05) is 12.0 Å². The molecule has 0 amide bonds. The van der Waals surface area contributed by atoms with Crippen molar-refractivity contribution < 1.29 is 0 Å². The van der Waals surface area contributed by atoms with E-state index in [1.54, 1.807) is 5.56 Å². The third-order valence-electron chi connectivity index (χ3n) is 4.66. The molecular weight excluding hydrogens is 242 g/mol.